The molecule has 4 heteroatoms. The van der Waals surface area contributed by atoms with E-state index in [1.54, 1.807) is 6.08 Å². The van der Waals surface area contributed by atoms with Gasteiger partial charge in [-0.3, -0.25) is 4.79 Å². The summed E-state index contributed by atoms with van der Waals surface area (Å²) in [5.74, 6) is -0.0806. The summed E-state index contributed by atoms with van der Waals surface area (Å²) in [6, 6.07) is -0.639. The van der Waals surface area contributed by atoms with Crippen molar-refractivity contribution in [3.63, 3.8) is 0 Å². The van der Waals surface area contributed by atoms with Crippen LogP contribution in [0.2, 0.25) is 0 Å². The lowest BCUT2D eigenvalue weighted by molar-refractivity contribution is -0.123. The van der Waals surface area contributed by atoms with Crippen LogP contribution in [0.5, 0.6) is 0 Å². The van der Waals surface area contributed by atoms with Crippen molar-refractivity contribution >= 4 is 5.91 Å². The molecule has 0 aliphatic heterocycles. The van der Waals surface area contributed by atoms with E-state index in [9.17, 15) is 15.0 Å². The van der Waals surface area contributed by atoms with E-state index < -0.39 is 12.1 Å². The average Bonchev–Trinajstić information content (AvgIpc) is 2.97. The Labute approximate surface area is 255 Å². The normalized spacial score (nSPS) is 13.6. The molecule has 41 heavy (non-hydrogen) atoms. The second-order valence-electron chi connectivity index (χ2n) is 11.9. The van der Waals surface area contributed by atoms with Gasteiger partial charge in [0.1, 0.15) is 0 Å². The Kier molecular flexibility index (Phi) is 32.0. The molecule has 0 aliphatic carbocycles. The zero-order chi connectivity index (χ0) is 30.1. The number of rotatable bonds is 31. The molecule has 0 aliphatic rings. The number of amides is 1. The van der Waals surface area contributed by atoms with E-state index >= 15 is 0 Å². The van der Waals surface area contributed by atoms with Gasteiger partial charge < -0.3 is 15.5 Å². The summed E-state index contributed by atoms with van der Waals surface area (Å²) in [5.41, 5.74) is 0. The van der Waals surface area contributed by atoms with Crippen molar-refractivity contribution in [1.82, 2.24) is 5.32 Å². The second-order valence-corrected chi connectivity index (χ2v) is 11.9. The number of nitrogens with one attached hydrogen (secondary N) is 1. The summed E-state index contributed by atoms with van der Waals surface area (Å²) in [5, 5.41) is 22.8. The molecule has 0 saturated heterocycles. The average molecular weight is 576 g/mol. The monoisotopic (exact) mass is 576 g/mol. The quantitative estimate of drug-likeness (QED) is 0.0569. The van der Waals surface area contributed by atoms with Gasteiger partial charge in [-0.1, -0.05) is 159 Å². The molecule has 2 atom stereocenters. The van der Waals surface area contributed by atoms with E-state index in [1.165, 1.54) is 116 Å². The highest BCUT2D eigenvalue weighted by molar-refractivity contribution is 5.76. The van der Waals surface area contributed by atoms with Crippen molar-refractivity contribution in [2.75, 3.05) is 6.61 Å². The molecule has 1 amide bonds. The minimum atomic E-state index is -0.864. The first-order valence-electron chi connectivity index (χ1n) is 17.7. The zero-order valence-corrected chi connectivity index (χ0v) is 27.3. The number of allylic oxidation sites excluding steroid dienone is 5. The van der Waals surface area contributed by atoms with Gasteiger partial charge in [0.05, 0.1) is 18.8 Å². The number of aliphatic hydroxyl groups excluding tert-OH is 2. The van der Waals surface area contributed by atoms with Crippen LogP contribution in [0, 0.1) is 0 Å². The first kappa shape index (κ1) is 39.6. The topological polar surface area (TPSA) is 69.6 Å². The largest absolute Gasteiger partial charge is 0.394 e. The van der Waals surface area contributed by atoms with Gasteiger partial charge in [-0.05, 0) is 44.9 Å². The molecule has 0 aromatic heterocycles. The van der Waals surface area contributed by atoms with Gasteiger partial charge in [0.25, 0.3) is 0 Å². The number of carbonyl (C=O) groups excluding carboxylic acids is 1. The van der Waals surface area contributed by atoms with Crippen LogP contribution in [-0.4, -0.2) is 34.9 Å². The standard InChI is InChI=1S/C37H69NO3/c1-3-5-7-9-11-13-15-17-18-19-20-21-22-24-26-28-30-32-36(40)35(34-39)38-37(41)33-31-29-27-25-23-16-14-12-10-8-6-4-2/h18-19,22,24,30,32,35-36,39-40H,3-17,20-21,23,25-29,31,33-34H2,1-2H3,(H,38,41)/b19-18+,24-22+,32-30+. The van der Waals surface area contributed by atoms with E-state index in [1.807, 2.05) is 6.08 Å². The Balaban J connectivity index is 3.72. The van der Waals surface area contributed by atoms with Gasteiger partial charge >= 0.3 is 0 Å². The Bertz CT molecular complexity index is 628. The first-order chi connectivity index (χ1) is 20.2. The van der Waals surface area contributed by atoms with Crippen molar-refractivity contribution in [1.29, 1.82) is 0 Å². The maximum Gasteiger partial charge on any atom is 0.220 e. The molecule has 0 radical (unpaired) electrons. The predicted molar refractivity (Wildman–Crippen MR) is 179 cm³/mol. The number of hydrogen-bond acceptors (Lipinski definition) is 3. The summed E-state index contributed by atoms with van der Waals surface area (Å²) in [4.78, 5) is 12.3. The second kappa shape index (κ2) is 33.1. The fourth-order valence-electron chi connectivity index (χ4n) is 5.09. The summed E-state index contributed by atoms with van der Waals surface area (Å²) in [7, 11) is 0. The molecule has 2 unspecified atom stereocenters. The van der Waals surface area contributed by atoms with Gasteiger partial charge in [-0.2, -0.15) is 0 Å². The van der Waals surface area contributed by atoms with E-state index in [2.05, 4.69) is 43.5 Å². The van der Waals surface area contributed by atoms with Crippen LogP contribution in [0.1, 0.15) is 174 Å². The molecule has 0 aromatic rings. The molecule has 0 fully saturated rings. The minimum absolute atomic E-state index is 0.0806. The molecule has 240 valence electrons. The Morgan fingerprint density at radius 1 is 0.561 bits per heavy atom. The third-order valence-corrected chi connectivity index (χ3v) is 7.85. The SMILES string of the molecule is CCCCCCCCC/C=C/CC/C=C/CC/C=C/C(O)C(CO)NC(=O)CCCCCCCCCCCCCC. The number of unbranched alkanes of at least 4 members (excludes halogenated alkanes) is 20. The number of carbonyl (C=O) groups is 1. The van der Waals surface area contributed by atoms with Crippen LogP contribution in [0.4, 0.5) is 0 Å². The highest BCUT2D eigenvalue weighted by Gasteiger charge is 2.17. The van der Waals surface area contributed by atoms with Gasteiger partial charge in [0, 0.05) is 6.42 Å². The van der Waals surface area contributed by atoms with Crippen LogP contribution >= 0.6 is 0 Å². The van der Waals surface area contributed by atoms with Crippen molar-refractivity contribution in [3.8, 4) is 0 Å². The molecule has 0 saturated carbocycles. The van der Waals surface area contributed by atoms with Crippen LogP contribution < -0.4 is 5.32 Å². The maximum absolute atomic E-state index is 12.3. The summed E-state index contributed by atoms with van der Waals surface area (Å²) < 4.78 is 0. The lowest BCUT2D eigenvalue weighted by Crippen LogP contribution is -2.45. The Hall–Kier alpha value is -1.39. The lowest BCUT2D eigenvalue weighted by atomic mass is 10.0. The van der Waals surface area contributed by atoms with Crippen LogP contribution in [0.3, 0.4) is 0 Å². The Morgan fingerprint density at radius 2 is 0.951 bits per heavy atom. The fraction of sp³-hybridized carbons (Fsp3) is 0.811. The van der Waals surface area contributed by atoms with Crippen molar-refractivity contribution in [2.24, 2.45) is 0 Å². The molecule has 4 nitrogen and oxygen atoms in total. The van der Waals surface area contributed by atoms with Gasteiger partial charge in [-0.25, -0.2) is 0 Å². The van der Waals surface area contributed by atoms with E-state index in [0.717, 1.165) is 38.5 Å². The van der Waals surface area contributed by atoms with Crippen molar-refractivity contribution in [2.45, 2.75) is 187 Å². The Morgan fingerprint density at radius 3 is 1.41 bits per heavy atom. The third kappa shape index (κ3) is 29.9. The smallest absolute Gasteiger partial charge is 0.220 e. The zero-order valence-electron chi connectivity index (χ0n) is 27.3. The maximum atomic E-state index is 12.3. The van der Waals surface area contributed by atoms with Crippen molar-refractivity contribution < 1.29 is 15.0 Å². The van der Waals surface area contributed by atoms with E-state index in [4.69, 9.17) is 0 Å². The van der Waals surface area contributed by atoms with E-state index in [-0.39, 0.29) is 12.5 Å². The highest BCUT2D eigenvalue weighted by Crippen LogP contribution is 2.13. The molecule has 0 heterocycles. The van der Waals surface area contributed by atoms with Crippen LogP contribution in [-0.2, 0) is 4.79 Å². The predicted octanol–water partition coefficient (Wildman–Crippen LogP) is 10.3. The van der Waals surface area contributed by atoms with E-state index in [0.29, 0.717) is 6.42 Å². The summed E-state index contributed by atoms with van der Waals surface area (Å²) >= 11 is 0. The minimum Gasteiger partial charge on any atom is -0.394 e. The van der Waals surface area contributed by atoms with Gasteiger partial charge in [0.15, 0.2) is 0 Å². The molecular weight excluding hydrogens is 506 g/mol. The van der Waals surface area contributed by atoms with Crippen molar-refractivity contribution in [3.05, 3.63) is 36.5 Å². The van der Waals surface area contributed by atoms with Crippen LogP contribution in [0.15, 0.2) is 36.5 Å². The molecule has 0 bridgehead atoms. The molecular formula is C37H69NO3. The fourth-order valence-corrected chi connectivity index (χ4v) is 5.09. The number of hydrogen-bond donors (Lipinski definition) is 3. The summed E-state index contributed by atoms with van der Waals surface area (Å²) in [6.07, 6.45) is 42.2. The highest BCUT2D eigenvalue weighted by atomic mass is 16.3. The first-order valence-corrected chi connectivity index (χ1v) is 17.7. The molecule has 0 rings (SSSR count). The van der Waals surface area contributed by atoms with Gasteiger partial charge in [-0.15, -0.1) is 0 Å². The summed E-state index contributed by atoms with van der Waals surface area (Å²) in [6.45, 7) is 4.26. The molecule has 3 N–H and O–H groups in total. The van der Waals surface area contributed by atoms with Gasteiger partial charge in [0.2, 0.25) is 5.91 Å². The lowest BCUT2D eigenvalue weighted by Gasteiger charge is -2.19. The molecule has 0 aromatic carbocycles. The number of aliphatic hydroxyl groups is 2. The van der Waals surface area contributed by atoms with Crippen LogP contribution in [0.25, 0.3) is 0 Å². The third-order valence-electron chi connectivity index (χ3n) is 7.85. The molecule has 0 spiro atoms.